The fraction of sp³-hybridized carbons (Fsp3) is 1.00. The van der Waals surface area contributed by atoms with Gasteiger partial charge < -0.3 is 5.32 Å². The molecule has 2 aliphatic heterocycles. The Morgan fingerprint density at radius 1 is 1.05 bits per heavy atom. The van der Waals surface area contributed by atoms with Gasteiger partial charge in [0, 0.05) is 24.2 Å². The summed E-state index contributed by atoms with van der Waals surface area (Å²) >= 11 is 0. The van der Waals surface area contributed by atoms with Gasteiger partial charge in [0.1, 0.15) is 0 Å². The van der Waals surface area contributed by atoms with Gasteiger partial charge in [-0.3, -0.25) is 4.90 Å². The number of nitrogens with zero attached hydrogens (tertiary/aromatic N) is 1. The molecule has 0 amide bonds. The van der Waals surface area contributed by atoms with Crippen LogP contribution < -0.4 is 5.32 Å². The molecule has 0 aromatic carbocycles. The first-order valence-electron chi connectivity index (χ1n) is 8.62. The van der Waals surface area contributed by atoms with Crippen LogP contribution in [-0.4, -0.2) is 35.6 Å². The van der Waals surface area contributed by atoms with Crippen molar-refractivity contribution in [2.75, 3.05) is 6.54 Å². The van der Waals surface area contributed by atoms with Crippen LogP contribution in [0.25, 0.3) is 0 Å². The van der Waals surface area contributed by atoms with Crippen molar-refractivity contribution < 1.29 is 0 Å². The fourth-order valence-corrected chi connectivity index (χ4v) is 4.06. The van der Waals surface area contributed by atoms with Crippen LogP contribution in [0.3, 0.4) is 0 Å². The number of nitrogens with one attached hydrogen (secondary N) is 1. The first-order chi connectivity index (χ1) is 9.10. The lowest BCUT2D eigenvalue weighted by Crippen LogP contribution is -2.51. The van der Waals surface area contributed by atoms with Crippen molar-refractivity contribution in [2.45, 2.75) is 96.8 Å². The maximum absolute atomic E-state index is 3.78. The van der Waals surface area contributed by atoms with Crippen LogP contribution in [0, 0.1) is 5.92 Å². The molecule has 2 heteroatoms. The molecule has 0 spiro atoms. The van der Waals surface area contributed by atoms with E-state index >= 15 is 0 Å². The highest BCUT2D eigenvalue weighted by Crippen LogP contribution is 2.31. The molecule has 0 radical (unpaired) electrons. The second kappa shape index (κ2) is 7.08. The lowest BCUT2D eigenvalue weighted by atomic mass is 9.94. The van der Waals surface area contributed by atoms with Crippen molar-refractivity contribution in [1.82, 2.24) is 10.2 Å². The molecule has 3 atom stereocenters. The van der Waals surface area contributed by atoms with Crippen molar-refractivity contribution in [1.29, 1.82) is 0 Å². The molecule has 112 valence electrons. The maximum Gasteiger partial charge on any atom is 0.0128 e. The van der Waals surface area contributed by atoms with Gasteiger partial charge in [0.25, 0.3) is 0 Å². The molecular weight excluding hydrogens is 232 g/mol. The third-order valence-corrected chi connectivity index (χ3v) is 5.13. The SMILES string of the molecule is CCCN(C(C)CCC(C)C)C1CC2CCC(C1)N2. The Morgan fingerprint density at radius 3 is 2.21 bits per heavy atom. The molecule has 2 aliphatic rings. The summed E-state index contributed by atoms with van der Waals surface area (Å²) in [4.78, 5) is 2.84. The number of piperidine rings is 1. The van der Waals surface area contributed by atoms with Crippen LogP contribution in [0.1, 0.15) is 72.6 Å². The van der Waals surface area contributed by atoms with Crippen molar-refractivity contribution in [3.05, 3.63) is 0 Å². The van der Waals surface area contributed by atoms with Crippen molar-refractivity contribution >= 4 is 0 Å². The van der Waals surface area contributed by atoms with E-state index in [9.17, 15) is 0 Å². The van der Waals surface area contributed by atoms with Crippen LogP contribution in [0.5, 0.6) is 0 Å². The summed E-state index contributed by atoms with van der Waals surface area (Å²) in [7, 11) is 0. The van der Waals surface area contributed by atoms with Gasteiger partial charge >= 0.3 is 0 Å². The molecule has 0 aromatic rings. The zero-order valence-corrected chi connectivity index (χ0v) is 13.5. The quantitative estimate of drug-likeness (QED) is 0.754. The predicted molar refractivity (Wildman–Crippen MR) is 83.5 cm³/mol. The zero-order chi connectivity index (χ0) is 13.8. The summed E-state index contributed by atoms with van der Waals surface area (Å²) in [5.41, 5.74) is 0. The molecule has 0 aliphatic carbocycles. The summed E-state index contributed by atoms with van der Waals surface area (Å²) in [5.74, 6) is 0.843. The van der Waals surface area contributed by atoms with E-state index in [1.807, 2.05) is 0 Å². The third-order valence-electron chi connectivity index (χ3n) is 5.13. The Kier molecular flexibility index (Phi) is 5.70. The minimum atomic E-state index is 0.768. The van der Waals surface area contributed by atoms with Gasteiger partial charge in [-0.15, -0.1) is 0 Å². The monoisotopic (exact) mass is 266 g/mol. The van der Waals surface area contributed by atoms with Gasteiger partial charge in [-0.1, -0.05) is 20.8 Å². The Balaban J connectivity index is 1.90. The molecule has 2 heterocycles. The van der Waals surface area contributed by atoms with Crippen LogP contribution in [0.4, 0.5) is 0 Å². The number of hydrogen-bond acceptors (Lipinski definition) is 2. The molecule has 2 saturated heterocycles. The number of hydrogen-bond donors (Lipinski definition) is 1. The minimum Gasteiger partial charge on any atom is -0.311 e. The topological polar surface area (TPSA) is 15.3 Å². The standard InChI is InChI=1S/C17H34N2/c1-5-10-19(14(4)7-6-13(2)3)17-11-15-8-9-16(12-17)18-15/h13-18H,5-12H2,1-4H3. The number of fused-ring (bicyclic) bond motifs is 2. The summed E-state index contributed by atoms with van der Waals surface area (Å²) in [6, 6.07) is 3.26. The van der Waals surface area contributed by atoms with Gasteiger partial charge in [0.15, 0.2) is 0 Å². The molecule has 2 bridgehead atoms. The molecule has 19 heavy (non-hydrogen) atoms. The van der Waals surface area contributed by atoms with E-state index in [1.54, 1.807) is 0 Å². The predicted octanol–water partition coefficient (Wildman–Crippen LogP) is 3.81. The Morgan fingerprint density at radius 2 is 1.68 bits per heavy atom. The summed E-state index contributed by atoms with van der Waals surface area (Å²) in [5, 5.41) is 3.78. The number of rotatable bonds is 7. The van der Waals surface area contributed by atoms with E-state index in [0.717, 1.165) is 30.1 Å². The Labute approximate surface area is 120 Å². The van der Waals surface area contributed by atoms with Crippen molar-refractivity contribution in [2.24, 2.45) is 5.92 Å². The highest BCUT2D eigenvalue weighted by molar-refractivity contribution is 4.96. The molecule has 3 unspecified atom stereocenters. The normalized spacial score (nSPS) is 32.2. The molecule has 0 aromatic heterocycles. The summed E-state index contributed by atoms with van der Waals surface area (Å²) in [6.45, 7) is 10.8. The third kappa shape index (κ3) is 4.19. The zero-order valence-electron chi connectivity index (χ0n) is 13.5. The average Bonchev–Trinajstić information content (AvgIpc) is 2.72. The van der Waals surface area contributed by atoms with E-state index in [1.165, 1.54) is 51.5 Å². The highest BCUT2D eigenvalue weighted by Gasteiger charge is 2.36. The van der Waals surface area contributed by atoms with E-state index < -0.39 is 0 Å². The Hall–Kier alpha value is -0.0800. The van der Waals surface area contributed by atoms with E-state index in [2.05, 4.69) is 37.9 Å². The average molecular weight is 266 g/mol. The van der Waals surface area contributed by atoms with Crippen LogP contribution in [-0.2, 0) is 0 Å². The van der Waals surface area contributed by atoms with Gasteiger partial charge in [-0.2, -0.15) is 0 Å². The second-order valence-corrected chi connectivity index (χ2v) is 7.32. The van der Waals surface area contributed by atoms with Crippen molar-refractivity contribution in [3.8, 4) is 0 Å². The molecule has 0 saturated carbocycles. The first kappa shape index (κ1) is 15.3. The molecule has 2 fully saturated rings. The van der Waals surface area contributed by atoms with Crippen LogP contribution in [0.15, 0.2) is 0 Å². The van der Waals surface area contributed by atoms with Gasteiger partial charge in [0.2, 0.25) is 0 Å². The summed E-state index contributed by atoms with van der Waals surface area (Å²) in [6.07, 6.45) is 9.66. The van der Waals surface area contributed by atoms with Crippen molar-refractivity contribution in [3.63, 3.8) is 0 Å². The van der Waals surface area contributed by atoms with E-state index in [0.29, 0.717) is 0 Å². The first-order valence-corrected chi connectivity index (χ1v) is 8.62. The van der Waals surface area contributed by atoms with Gasteiger partial charge in [-0.05, 0) is 64.3 Å². The minimum absolute atomic E-state index is 0.768. The van der Waals surface area contributed by atoms with Crippen LogP contribution >= 0.6 is 0 Å². The van der Waals surface area contributed by atoms with Gasteiger partial charge in [-0.25, -0.2) is 0 Å². The molecular formula is C17H34N2. The fourth-order valence-electron chi connectivity index (χ4n) is 4.06. The summed E-state index contributed by atoms with van der Waals surface area (Å²) < 4.78 is 0. The molecule has 1 N–H and O–H groups in total. The smallest absolute Gasteiger partial charge is 0.0128 e. The largest absolute Gasteiger partial charge is 0.311 e. The lowest BCUT2D eigenvalue weighted by molar-refractivity contribution is 0.0939. The maximum atomic E-state index is 3.78. The van der Waals surface area contributed by atoms with Gasteiger partial charge in [0.05, 0.1) is 0 Å². The van der Waals surface area contributed by atoms with Crippen LogP contribution in [0.2, 0.25) is 0 Å². The van der Waals surface area contributed by atoms with E-state index in [-0.39, 0.29) is 0 Å². The second-order valence-electron chi connectivity index (χ2n) is 7.32. The molecule has 2 rings (SSSR count). The lowest BCUT2D eigenvalue weighted by Gasteiger charge is -2.41. The molecule has 2 nitrogen and oxygen atoms in total. The van der Waals surface area contributed by atoms with E-state index in [4.69, 9.17) is 0 Å². The highest BCUT2D eigenvalue weighted by atomic mass is 15.2. The Bertz CT molecular complexity index is 252.